The predicted molar refractivity (Wildman–Crippen MR) is 92.5 cm³/mol. The van der Waals surface area contributed by atoms with Crippen LogP contribution in [0.25, 0.3) is 0 Å². The van der Waals surface area contributed by atoms with E-state index in [-0.39, 0.29) is 11.6 Å². The van der Waals surface area contributed by atoms with Gasteiger partial charge in [0.2, 0.25) is 0 Å². The topological polar surface area (TPSA) is 26.3 Å². The lowest BCUT2D eigenvalue weighted by Crippen LogP contribution is -2.21. The number of carbonyl (C=O) groups excluding carboxylic acids is 1. The van der Waals surface area contributed by atoms with Gasteiger partial charge in [-0.3, -0.25) is 4.79 Å². The first-order valence-corrected chi connectivity index (χ1v) is 7.87. The highest BCUT2D eigenvalue weighted by molar-refractivity contribution is 6.30. The number of ether oxygens (including phenoxy) is 1. The van der Waals surface area contributed by atoms with Crippen molar-refractivity contribution in [2.24, 2.45) is 5.41 Å². The van der Waals surface area contributed by atoms with Gasteiger partial charge in [0.05, 0.1) is 11.5 Å². The van der Waals surface area contributed by atoms with Crippen LogP contribution in [0.2, 0.25) is 0 Å². The van der Waals surface area contributed by atoms with Gasteiger partial charge in [0.15, 0.2) is 0 Å². The van der Waals surface area contributed by atoms with Crippen molar-refractivity contribution in [1.29, 1.82) is 0 Å². The van der Waals surface area contributed by atoms with Crippen molar-refractivity contribution in [3.05, 3.63) is 59.3 Å². The average molecular weight is 339 g/mol. The zero-order valence-corrected chi connectivity index (χ0v) is 15.1. The van der Waals surface area contributed by atoms with Gasteiger partial charge in [-0.15, -0.1) is 0 Å². The highest BCUT2D eigenvalue weighted by atomic mass is 35.5. The summed E-state index contributed by atoms with van der Waals surface area (Å²) in [6, 6.07) is 7.73. The summed E-state index contributed by atoms with van der Waals surface area (Å²) < 4.78 is 18.9. The minimum absolute atomic E-state index is 0.0900. The summed E-state index contributed by atoms with van der Waals surface area (Å²) in [5.74, 6) is -0.418. The summed E-state index contributed by atoms with van der Waals surface area (Å²) >= 11 is 5.88. The lowest BCUT2D eigenvalue weighted by molar-refractivity contribution is -0.141. The fraction of sp³-hybridized carbons (Fsp3) is 0.421. The van der Waals surface area contributed by atoms with Crippen molar-refractivity contribution in [2.75, 3.05) is 0 Å². The molecule has 0 spiro atoms. The van der Waals surface area contributed by atoms with Gasteiger partial charge in [-0.05, 0) is 43.7 Å². The number of benzene rings is 1. The Hall–Kier alpha value is -1.35. The molecule has 1 aromatic carbocycles. The van der Waals surface area contributed by atoms with Crippen molar-refractivity contribution in [1.82, 2.24) is 0 Å². The van der Waals surface area contributed by atoms with Gasteiger partial charge in [0.25, 0.3) is 0 Å². The fourth-order valence-electron chi connectivity index (χ4n) is 1.80. The predicted octanol–water partition coefficient (Wildman–Crippen LogP) is 5.34. The molecule has 0 atom stereocenters. The quantitative estimate of drug-likeness (QED) is 0.627. The zero-order valence-electron chi connectivity index (χ0n) is 14.3. The Bertz CT molecular complexity index is 571. The molecule has 0 N–H and O–H groups in total. The second-order valence-corrected chi connectivity index (χ2v) is 7.06. The summed E-state index contributed by atoms with van der Waals surface area (Å²) in [5.41, 5.74) is -0.141. The molecule has 1 rings (SSSR count). The third-order valence-corrected chi connectivity index (χ3v) is 3.92. The molecule has 4 heteroatoms. The van der Waals surface area contributed by atoms with E-state index >= 15 is 0 Å². The standard InChI is InChI=1S/C19H24ClFO2/c1-14-8-6-7-9-15(14)13-23-17(22)12-18(2,3)11-10-16(20)19(4,5)21/h6-12H,13H2,1-5H3/b16-10-. The highest BCUT2D eigenvalue weighted by Crippen LogP contribution is 2.30. The normalized spacial score (nSPS) is 13.1. The van der Waals surface area contributed by atoms with E-state index in [0.29, 0.717) is 0 Å². The average Bonchev–Trinajstić information content (AvgIpc) is 2.42. The number of aryl methyl sites for hydroxylation is 1. The van der Waals surface area contributed by atoms with Crippen LogP contribution in [0.15, 0.2) is 35.4 Å². The van der Waals surface area contributed by atoms with Crippen LogP contribution in [0.1, 0.15) is 38.8 Å². The van der Waals surface area contributed by atoms with E-state index in [4.69, 9.17) is 16.3 Å². The van der Waals surface area contributed by atoms with Crippen molar-refractivity contribution in [2.45, 2.75) is 46.9 Å². The van der Waals surface area contributed by atoms with Crippen molar-refractivity contribution in [3.8, 4) is 0 Å². The Balaban J connectivity index is 2.54. The molecule has 0 bridgehead atoms. The number of allylic oxidation sites excluding steroid dienone is 2. The minimum Gasteiger partial charge on any atom is -0.461 e. The van der Waals surface area contributed by atoms with Crippen LogP contribution >= 0.6 is 11.6 Å². The molecule has 0 aromatic heterocycles. The number of esters is 1. The third kappa shape index (κ3) is 7.17. The van der Waals surface area contributed by atoms with E-state index in [9.17, 15) is 9.18 Å². The van der Waals surface area contributed by atoms with Crippen LogP contribution in [0.5, 0.6) is 0 Å². The molecule has 126 valence electrons. The largest absolute Gasteiger partial charge is 0.461 e. The summed E-state index contributed by atoms with van der Waals surface area (Å²) in [5, 5.41) is 0.0900. The molecule has 2 radical (unpaired) electrons. The first-order chi connectivity index (χ1) is 10.5. The van der Waals surface area contributed by atoms with Crippen LogP contribution in [0, 0.1) is 25.2 Å². The molecule has 0 heterocycles. The fourth-order valence-corrected chi connectivity index (χ4v) is 1.86. The summed E-state index contributed by atoms with van der Waals surface area (Å²) in [6.45, 7) is 8.61. The van der Waals surface area contributed by atoms with E-state index in [0.717, 1.165) is 11.1 Å². The van der Waals surface area contributed by atoms with E-state index in [1.54, 1.807) is 6.42 Å². The molecular formula is C19H24ClFO2. The van der Waals surface area contributed by atoms with Gasteiger partial charge in [-0.25, -0.2) is 4.39 Å². The number of halogens is 2. The number of carbonyl (C=O) groups is 1. The molecule has 0 amide bonds. The Labute approximate surface area is 143 Å². The van der Waals surface area contributed by atoms with E-state index in [1.807, 2.05) is 45.0 Å². The highest BCUT2D eigenvalue weighted by Gasteiger charge is 2.26. The molecular weight excluding hydrogens is 315 g/mol. The molecule has 0 aliphatic carbocycles. The Morgan fingerprint density at radius 1 is 1.26 bits per heavy atom. The first-order valence-electron chi connectivity index (χ1n) is 7.49. The smallest absolute Gasteiger partial charge is 0.310 e. The Morgan fingerprint density at radius 2 is 1.87 bits per heavy atom. The second-order valence-electron chi connectivity index (χ2n) is 6.65. The van der Waals surface area contributed by atoms with Crippen LogP contribution in [-0.4, -0.2) is 11.6 Å². The van der Waals surface area contributed by atoms with E-state index < -0.39 is 17.1 Å². The molecule has 2 nitrogen and oxygen atoms in total. The van der Waals surface area contributed by atoms with E-state index in [1.165, 1.54) is 26.3 Å². The molecule has 1 aromatic rings. The number of hydrogen-bond donors (Lipinski definition) is 0. The van der Waals surface area contributed by atoms with Gasteiger partial charge < -0.3 is 4.74 Å². The SMILES string of the molecule is Cc1ccccc1COC(=O)[CH]C(C)(C)[CH]/C=C(\Cl)C(C)(C)F. The minimum atomic E-state index is -1.60. The Kier molecular flexibility index (Phi) is 6.82. The summed E-state index contributed by atoms with van der Waals surface area (Å²) in [7, 11) is 0. The monoisotopic (exact) mass is 338 g/mol. The molecule has 0 unspecified atom stereocenters. The van der Waals surface area contributed by atoms with Crippen LogP contribution in [-0.2, 0) is 16.1 Å². The van der Waals surface area contributed by atoms with Crippen LogP contribution in [0.3, 0.4) is 0 Å². The van der Waals surface area contributed by atoms with E-state index in [2.05, 4.69) is 0 Å². The lowest BCUT2D eigenvalue weighted by atomic mass is 9.85. The number of hydrogen-bond acceptors (Lipinski definition) is 2. The second kappa shape index (κ2) is 7.96. The maximum atomic E-state index is 13.6. The van der Waals surface area contributed by atoms with Gasteiger partial charge in [-0.1, -0.05) is 55.8 Å². The van der Waals surface area contributed by atoms with Crippen molar-refractivity contribution in [3.63, 3.8) is 0 Å². The van der Waals surface area contributed by atoms with Gasteiger partial charge in [-0.2, -0.15) is 0 Å². The first kappa shape index (κ1) is 19.7. The van der Waals surface area contributed by atoms with Crippen LogP contribution in [0.4, 0.5) is 4.39 Å². The third-order valence-electron chi connectivity index (χ3n) is 3.35. The van der Waals surface area contributed by atoms with Gasteiger partial charge in [0, 0.05) is 0 Å². The molecule has 0 saturated carbocycles. The maximum absolute atomic E-state index is 13.6. The summed E-state index contributed by atoms with van der Waals surface area (Å²) in [6.07, 6.45) is 4.63. The number of alkyl halides is 1. The van der Waals surface area contributed by atoms with Gasteiger partial charge >= 0.3 is 5.97 Å². The molecule has 0 fully saturated rings. The van der Waals surface area contributed by atoms with Gasteiger partial charge in [0.1, 0.15) is 12.3 Å². The maximum Gasteiger partial charge on any atom is 0.310 e. The summed E-state index contributed by atoms with van der Waals surface area (Å²) in [4.78, 5) is 12.0. The molecule has 0 aliphatic heterocycles. The number of rotatable bonds is 7. The van der Waals surface area contributed by atoms with Crippen molar-refractivity contribution < 1.29 is 13.9 Å². The lowest BCUT2D eigenvalue weighted by Gasteiger charge is -2.22. The molecule has 23 heavy (non-hydrogen) atoms. The Morgan fingerprint density at radius 3 is 2.43 bits per heavy atom. The molecule has 0 saturated heterocycles. The van der Waals surface area contributed by atoms with Crippen molar-refractivity contribution >= 4 is 17.6 Å². The molecule has 0 aliphatic rings. The van der Waals surface area contributed by atoms with Crippen LogP contribution < -0.4 is 0 Å². The zero-order chi connectivity index (χ0) is 17.7.